The maximum Gasteiger partial charge on any atom is 0.339 e. The van der Waals surface area contributed by atoms with Crippen molar-refractivity contribution in [2.24, 2.45) is 0 Å². The molecule has 2 aromatic rings. The highest BCUT2D eigenvalue weighted by Crippen LogP contribution is 2.35. The number of aryl methyl sites for hydroxylation is 2. The Labute approximate surface area is 153 Å². The molecule has 1 heterocycles. The van der Waals surface area contributed by atoms with E-state index < -0.39 is 0 Å². The first-order chi connectivity index (χ1) is 12.5. The molecule has 0 bridgehead atoms. The zero-order chi connectivity index (χ0) is 18.7. The fourth-order valence-corrected chi connectivity index (χ4v) is 3.48. The predicted molar refractivity (Wildman–Crippen MR) is 100 cm³/mol. The largest absolute Gasteiger partial charge is 0.483 e. The molecule has 1 aliphatic rings. The lowest BCUT2D eigenvalue weighted by atomic mass is 10.0. The van der Waals surface area contributed by atoms with Gasteiger partial charge in [-0.2, -0.15) is 0 Å². The van der Waals surface area contributed by atoms with Gasteiger partial charge in [0.05, 0.1) is 26.0 Å². The average Bonchev–Trinajstić information content (AvgIpc) is 3.06. The second-order valence-electron chi connectivity index (χ2n) is 7.29. The minimum Gasteiger partial charge on any atom is -0.483 e. The highest BCUT2D eigenvalue weighted by atomic mass is 16.5. The van der Waals surface area contributed by atoms with Crippen molar-refractivity contribution < 1.29 is 18.8 Å². The maximum atomic E-state index is 12.1. The summed E-state index contributed by atoms with van der Waals surface area (Å²) in [5.74, 6) is 0.484. The molecule has 1 amide bonds. The van der Waals surface area contributed by atoms with Crippen molar-refractivity contribution in [2.45, 2.75) is 32.6 Å². The Kier molecular flexibility index (Phi) is 5.61. The summed E-state index contributed by atoms with van der Waals surface area (Å²) in [6.07, 6.45) is 3.46. The van der Waals surface area contributed by atoms with Gasteiger partial charge >= 0.3 is 5.63 Å². The van der Waals surface area contributed by atoms with E-state index in [-0.39, 0.29) is 18.1 Å². The van der Waals surface area contributed by atoms with Crippen LogP contribution < -0.4 is 20.6 Å². The standard InChI is InChI=1S/C20H26N2O4/c1-13-10-16(25-12-18(23)21-8-5-9-22(2)3)19-14-6-4-7-15(14)20(24)26-17(19)11-13/h10-11H,4-9,12H2,1-3H3,(H,21,23)/p+1. The van der Waals surface area contributed by atoms with Crippen LogP contribution in [-0.2, 0) is 17.6 Å². The smallest absolute Gasteiger partial charge is 0.339 e. The van der Waals surface area contributed by atoms with Gasteiger partial charge in [-0.15, -0.1) is 0 Å². The third-order valence-electron chi connectivity index (χ3n) is 4.71. The Hall–Kier alpha value is -2.34. The number of rotatable bonds is 7. The summed E-state index contributed by atoms with van der Waals surface area (Å²) < 4.78 is 11.3. The van der Waals surface area contributed by atoms with Gasteiger partial charge in [0.2, 0.25) is 0 Å². The molecular formula is C20H27N2O4+. The first-order valence-electron chi connectivity index (χ1n) is 9.23. The second kappa shape index (κ2) is 7.91. The number of hydrogen-bond acceptors (Lipinski definition) is 4. The Morgan fingerprint density at radius 2 is 2.04 bits per heavy atom. The number of quaternary nitrogens is 1. The quantitative estimate of drug-likeness (QED) is 0.562. The lowest BCUT2D eigenvalue weighted by Gasteiger charge is -2.13. The van der Waals surface area contributed by atoms with Gasteiger partial charge in [-0.3, -0.25) is 4.79 Å². The second-order valence-corrected chi connectivity index (χ2v) is 7.29. The monoisotopic (exact) mass is 359 g/mol. The number of benzene rings is 1. The number of carbonyl (C=O) groups excluding carboxylic acids is 1. The average molecular weight is 359 g/mol. The highest BCUT2D eigenvalue weighted by molar-refractivity contribution is 5.89. The van der Waals surface area contributed by atoms with Gasteiger partial charge in [0, 0.05) is 18.5 Å². The molecule has 0 atom stereocenters. The van der Waals surface area contributed by atoms with E-state index in [0.717, 1.165) is 54.3 Å². The van der Waals surface area contributed by atoms with E-state index in [0.29, 0.717) is 17.9 Å². The first kappa shape index (κ1) is 18.5. The van der Waals surface area contributed by atoms with Gasteiger partial charge in [0.1, 0.15) is 11.3 Å². The van der Waals surface area contributed by atoms with Gasteiger partial charge in [-0.1, -0.05) is 0 Å². The molecule has 6 nitrogen and oxygen atoms in total. The van der Waals surface area contributed by atoms with Crippen LogP contribution in [0.3, 0.4) is 0 Å². The minimum absolute atomic E-state index is 0.0404. The van der Waals surface area contributed by atoms with E-state index in [1.54, 1.807) is 0 Å². The van der Waals surface area contributed by atoms with Crippen molar-refractivity contribution in [3.8, 4) is 5.75 Å². The van der Waals surface area contributed by atoms with E-state index >= 15 is 0 Å². The number of fused-ring (bicyclic) bond motifs is 3. The molecular weight excluding hydrogens is 332 g/mol. The van der Waals surface area contributed by atoms with E-state index in [1.165, 1.54) is 4.90 Å². The Morgan fingerprint density at radius 1 is 1.27 bits per heavy atom. The fraction of sp³-hybridized carbons (Fsp3) is 0.500. The lowest BCUT2D eigenvalue weighted by Crippen LogP contribution is -3.05. The van der Waals surface area contributed by atoms with Crippen LogP contribution >= 0.6 is 0 Å². The Balaban J connectivity index is 1.75. The van der Waals surface area contributed by atoms with Crippen molar-refractivity contribution >= 4 is 16.9 Å². The number of hydrogen-bond donors (Lipinski definition) is 2. The number of carbonyl (C=O) groups is 1. The molecule has 0 saturated heterocycles. The van der Waals surface area contributed by atoms with Crippen molar-refractivity contribution in [3.05, 3.63) is 39.2 Å². The van der Waals surface area contributed by atoms with E-state index in [4.69, 9.17) is 9.15 Å². The maximum absolute atomic E-state index is 12.1. The van der Waals surface area contributed by atoms with E-state index in [9.17, 15) is 9.59 Å². The summed E-state index contributed by atoms with van der Waals surface area (Å²) >= 11 is 0. The van der Waals surface area contributed by atoms with Crippen molar-refractivity contribution in [2.75, 3.05) is 33.8 Å². The predicted octanol–water partition coefficient (Wildman–Crippen LogP) is 0.620. The van der Waals surface area contributed by atoms with Crippen molar-refractivity contribution in [1.82, 2.24) is 5.32 Å². The summed E-state index contributed by atoms with van der Waals surface area (Å²) in [5.41, 5.74) is 2.99. The van der Waals surface area contributed by atoms with Crippen LogP contribution in [0.1, 0.15) is 29.5 Å². The summed E-state index contributed by atoms with van der Waals surface area (Å²) in [5, 5.41) is 3.72. The van der Waals surface area contributed by atoms with Crippen LogP contribution in [0.5, 0.6) is 5.75 Å². The van der Waals surface area contributed by atoms with Crippen LogP contribution in [0.4, 0.5) is 0 Å². The molecule has 140 valence electrons. The molecule has 1 aliphatic carbocycles. The fourth-order valence-electron chi connectivity index (χ4n) is 3.48. The van der Waals surface area contributed by atoms with Crippen molar-refractivity contribution in [1.29, 1.82) is 0 Å². The zero-order valence-corrected chi connectivity index (χ0v) is 15.7. The summed E-state index contributed by atoms with van der Waals surface area (Å²) in [6, 6.07) is 3.76. The number of nitrogens with one attached hydrogen (secondary N) is 2. The van der Waals surface area contributed by atoms with Gasteiger partial charge in [0.15, 0.2) is 6.61 Å². The molecule has 3 rings (SSSR count). The number of ether oxygens (including phenoxy) is 1. The van der Waals surface area contributed by atoms with Gasteiger partial charge in [-0.05, 0) is 49.4 Å². The molecule has 0 radical (unpaired) electrons. The molecule has 0 unspecified atom stereocenters. The molecule has 0 spiro atoms. The van der Waals surface area contributed by atoms with Gasteiger partial charge in [-0.25, -0.2) is 4.79 Å². The SMILES string of the molecule is Cc1cc(OCC(=O)NCCC[NH+](C)C)c2c3c(c(=O)oc2c1)CCC3. The van der Waals surface area contributed by atoms with Crippen LogP contribution in [0.25, 0.3) is 11.0 Å². The molecule has 0 saturated carbocycles. The topological polar surface area (TPSA) is 73.0 Å². The molecule has 1 aromatic carbocycles. The Bertz CT molecular complexity index is 870. The number of amides is 1. The zero-order valence-electron chi connectivity index (χ0n) is 15.7. The third kappa shape index (κ3) is 4.07. The van der Waals surface area contributed by atoms with E-state index in [1.807, 2.05) is 19.1 Å². The van der Waals surface area contributed by atoms with Crippen LogP contribution in [0.2, 0.25) is 0 Å². The molecule has 2 N–H and O–H groups in total. The van der Waals surface area contributed by atoms with Crippen LogP contribution in [-0.4, -0.2) is 39.7 Å². The first-order valence-corrected chi connectivity index (χ1v) is 9.23. The van der Waals surface area contributed by atoms with Crippen LogP contribution in [0, 0.1) is 6.92 Å². The lowest BCUT2D eigenvalue weighted by molar-refractivity contribution is -0.858. The summed E-state index contributed by atoms with van der Waals surface area (Å²) in [6.45, 7) is 3.53. The summed E-state index contributed by atoms with van der Waals surface area (Å²) in [7, 11) is 4.18. The van der Waals surface area contributed by atoms with Gasteiger partial charge in [0.25, 0.3) is 5.91 Å². The van der Waals surface area contributed by atoms with Crippen molar-refractivity contribution in [3.63, 3.8) is 0 Å². The minimum atomic E-state index is -0.248. The van der Waals surface area contributed by atoms with Crippen LogP contribution in [0.15, 0.2) is 21.3 Å². The molecule has 0 aliphatic heterocycles. The summed E-state index contributed by atoms with van der Waals surface area (Å²) in [4.78, 5) is 25.5. The van der Waals surface area contributed by atoms with E-state index in [2.05, 4.69) is 19.4 Å². The Morgan fingerprint density at radius 3 is 2.81 bits per heavy atom. The third-order valence-corrected chi connectivity index (χ3v) is 4.71. The van der Waals surface area contributed by atoms with Gasteiger partial charge < -0.3 is 19.4 Å². The molecule has 1 aromatic heterocycles. The highest BCUT2D eigenvalue weighted by Gasteiger charge is 2.22. The molecule has 0 fully saturated rings. The normalized spacial score (nSPS) is 13.2. The molecule has 26 heavy (non-hydrogen) atoms. The molecule has 6 heteroatoms.